The number of rotatable bonds is 7. The predicted octanol–water partition coefficient (Wildman–Crippen LogP) is 0.319. The summed E-state index contributed by atoms with van der Waals surface area (Å²) in [7, 11) is -6.94. The first-order valence-corrected chi connectivity index (χ1v) is 9.65. The molecule has 18 heavy (non-hydrogen) atoms. The second-order valence-electron chi connectivity index (χ2n) is 2.90. The van der Waals surface area contributed by atoms with Crippen LogP contribution < -0.4 is 0 Å². The predicted molar refractivity (Wildman–Crippen MR) is 80.7 cm³/mol. The molecule has 0 aliphatic carbocycles. The van der Waals surface area contributed by atoms with Crippen LogP contribution in [0.15, 0.2) is 0 Å². The molecule has 6 nitrogen and oxygen atoms in total. The molecule has 2 unspecified atom stereocenters. The summed E-state index contributed by atoms with van der Waals surface area (Å²) < 4.78 is 58.7. The molecule has 2 atom stereocenters. The van der Waals surface area contributed by atoms with Crippen LogP contribution in [0.25, 0.3) is 0 Å². The third-order valence-electron chi connectivity index (χ3n) is 1.60. The molecule has 0 bridgehead atoms. The third kappa shape index (κ3) is 10.3. The van der Waals surface area contributed by atoms with E-state index in [0.717, 1.165) is 21.6 Å². The Labute approximate surface area is 160 Å². The molecular formula is C6H16Na2O6S4. The molecule has 0 saturated carbocycles. The molecule has 0 aliphatic rings. The summed E-state index contributed by atoms with van der Waals surface area (Å²) in [5, 5.41) is 0. The molecule has 0 heterocycles. The minimum absolute atomic E-state index is 0. The van der Waals surface area contributed by atoms with Gasteiger partial charge in [0, 0.05) is 0 Å². The standard InChI is InChI=1S/C6H14O6S4.2Na.2H/c1-3-5(15(7,8)9)13-14-6(4-2)16(10,11)12;;;;/h5-6H,3-4H2,1-2H3,(H,7,8,9)(H,10,11,12);;;;. The van der Waals surface area contributed by atoms with E-state index in [-0.39, 0.29) is 72.0 Å². The number of hydrogen-bond donors (Lipinski definition) is 2. The van der Waals surface area contributed by atoms with E-state index in [1.165, 1.54) is 0 Å². The van der Waals surface area contributed by atoms with Crippen LogP contribution in [0.3, 0.4) is 0 Å². The van der Waals surface area contributed by atoms with Gasteiger partial charge in [0.1, 0.15) is 9.16 Å². The molecule has 2 N–H and O–H groups in total. The molecule has 0 rings (SSSR count). The molecule has 0 fully saturated rings. The molecule has 12 heteroatoms. The quantitative estimate of drug-likeness (QED) is 0.380. The van der Waals surface area contributed by atoms with Crippen molar-refractivity contribution in [3.63, 3.8) is 0 Å². The van der Waals surface area contributed by atoms with E-state index in [9.17, 15) is 16.8 Å². The van der Waals surface area contributed by atoms with Gasteiger partial charge in [-0.15, -0.1) is 0 Å². The van der Waals surface area contributed by atoms with Crippen LogP contribution in [0, 0.1) is 0 Å². The SMILES string of the molecule is CCC(SSC(CC)S(=O)(=O)O)S(=O)(=O)O.[NaH].[NaH]. The van der Waals surface area contributed by atoms with Gasteiger partial charge in [-0.2, -0.15) is 16.8 Å². The first-order valence-electron chi connectivity index (χ1n) is 4.37. The summed E-state index contributed by atoms with van der Waals surface area (Å²) in [6, 6.07) is 0. The molecular weight excluding hydrogens is 342 g/mol. The molecule has 0 radical (unpaired) electrons. The van der Waals surface area contributed by atoms with Gasteiger partial charge in [-0.25, -0.2) is 0 Å². The summed E-state index contributed by atoms with van der Waals surface area (Å²) in [6.45, 7) is 3.11. The molecule has 0 aromatic carbocycles. The van der Waals surface area contributed by atoms with E-state index in [1.807, 2.05) is 0 Å². The van der Waals surface area contributed by atoms with E-state index < -0.39 is 29.4 Å². The average Bonchev–Trinajstić information content (AvgIpc) is 2.08. The van der Waals surface area contributed by atoms with Gasteiger partial charge in [-0.1, -0.05) is 35.4 Å². The van der Waals surface area contributed by atoms with E-state index in [4.69, 9.17) is 9.11 Å². The molecule has 0 aromatic rings. The van der Waals surface area contributed by atoms with Gasteiger partial charge in [0.25, 0.3) is 20.2 Å². The monoisotopic (exact) mass is 358 g/mol. The second kappa shape index (κ2) is 11.1. The van der Waals surface area contributed by atoms with Crippen molar-refractivity contribution < 1.29 is 25.9 Å². The van der Waals surface area contributed by atoms with Crippen molar-refractivity contribution in [1.82, 2.24) is 0 Å². The summed E-state index contributed by atoms with van der Waals surface area (Å²) in [4.78, 5) is 0. The molecule has 0 spiro atoms. The van der Waals surface area contributed by atoms with Crippen LogP contribution in [0.4, 0.5) is 0 Å². The first kappa shape index (κ1) is 25.5. The molecule has 0 saturated heterocycles. The number of hydrogen-bond acceptors (Lipinski definition) is 6. The van der Waals surface area contributed by atoms with Crippen molar-refractivity contribution in [3.8, 4) is 0 Å². The van der Waals surface area contributed by atoms with Crippen molar-refractivity contribution in [1.29, 1.82) is 0 Å². The Balaban J connectivity index is -0.00000112. The summed E-state index contributed by atoms with van der Waals surface area (Å²) >= 11 is 0. The van der Waals surface area contributed by atoms with Gasteiger partial charge in [0.15, 0.2) is 0 Å². The zero-order valence-corrected chi connectivity index (χ0v) is 12.0. The van der Waals surface area contributed by atoms with Crippen LogP contribution in [0.1, 0.15) is 26.7 Å². The summed E-state index contributed by atoms with van der Waals surface area (Å²) in [5.41, 5.74) is 0. The molecule has 0 aromatic heterocycles. The van der Waals surface area contributed by atoms with Crippen molar-refractivity contribution >= 4 is 101 Å². The van der Waals surface area contributed by atoms with Crippen molar-refractivity contribution in [2.75, 3.05) is 0 Å². The maximum atomic E-state index is 10.8. The van der Waals surface area contributed by atoms with Crippen LogP contribution in [-0.2, 0) is 20.2 Å². The summed E-state index contributed by atoms with van der Waals surface area (Å²) in [6.07, 6.45) is 0.302. The van der Waals surface area contributed by atoms with Crippen molar-refractivity contribution in [2.45, 2.75) is 35.9 Å². The normalized spacial score (nSPS) is 15.1. The Morgan fingerprint density at radius 3 is 1.17 bits per heavy atom. The van der Waals surface area contributed by atoms with E-state index in [0.29, 0.717) is 0 Å². The first-order chi connectivity index (χ1) is 7.12. The van der Waals surface area contributed by atoms with Gasteiger partial charge < -0.3 is 0 Å². The Bertz CT molecular complexity index is 368. The Morgan fingerprint density at radius 2 is 1.06 bits per heavy atom. The molecule has 0 amide bonds. The third-order valence-corrected chi connectivity index (χ3v) is 9.30. The Morgan fingerprint density at radius 1 is 0.833 bits per heavy atom. The van der Waals surface area contributed by atoms with E-state index in [2.05, 4.69) is 0 Å². The van der Waals surface area contributed by atoms with Crippen molar-refractivity contribution in [2.24, 2.45) is 0 Å². The minimum atomic E-state index is -4.20. The summed E-state index contributed by atoms with van der Waals surface area (Å²) in [5.74, 6) is 0. The second-order valence-corrected chi connectivity index (χ2v) is 9.37. The Kier molecular flexibility index (Phi) is 15.8. The fourth-order valence-corrected chi connectivity index (χ4v) is 7.10. The van der Waals surface area contributed by atoms with Gasteiger partial charge in [-0.05, 0) is 12.8 Å². The molecule has 102 valence electrons. The zero-order chi connectivity index (χ0) is 13.0. The van der Waals surface area contributed by atoms with Gasteiger partial charge in [0.05, 0.1) is 0 Å². The fraction of sp³-hybridized carbons (Fsp3) is 1.00. The Hall–Kier alpha value is 2.52. The van der Waals surface area contributed by atoms with E-state index >= 15 is 0 Å². The maximum absolute atomic E-state index is 10.8. The van der Waals surface area contributed by atoms with E-state index in [1.54, 1.807) is 13.8 Å². The van der Waals surface area contributed by atoms with Crippen LogP contribution in [-0.4, -0.2) is 94.2 Å². The van der Waals surface area contributed by atoms with Gasteiger partial charge in [-0.3, -0.25) is 9.11 Å². The molecule has 0 aliphatic heterocycles. The van der Waals surface area contributed by atoms with Crippen LogP contribution >= 0.6 is 21.6 Å². The van der Waals surface area contributed by atoms with Crippen LogP contribution in [0.2, 0.25) is 0 Å². The zero-order valence-electron chi connectivity index (χ0n) is 8.73. The van der Waals surface area contributed by atoms with Crippen molar-refractivity contribution in [3.05, 3.63) is 0 Å². The topological polar surface area (TPSA) is 109 Å². The fourth-order valence-electron chi connectivity index (χ4n) is 0.781. The van der Waals surface area contributed by atoms with Gasteiger partial charge in [0.2, 0.25) is 0 Å². The van der Waals surface area contributed by atoms with Crippen LogP contribution in [0.5, 0.6) is 0 Å². The average molecular weight is 358 g/mol. The van der Waals surface area contributed by atoms with Gasteiger partial charge >= 0.3 is 59.1 Å².